The molecule has 1 unspecified atom stereocenters. The number of thioether (sulfide) groups is 1. The number of benzene rings is 1. The molecule has 6 nitrogen and oxygen atoms in total. The first-order valence-corrected chi connectivity index (χ1v) is 9.35. The van der Waals surface area contributed by atoms with Gasteiger partial charge in [-0.1, -0.05) is 6.07 Å². The highest BCUT2D eigenvalue weighted by Gasteiger charge is 2.32. The van der Waals surface area contributed by atoms with Crippen molar-refractivity contribution in [2.75, 3.05) is 23.9 Å². The van der Waals surface area contributed by atoms with E-state index >= 15 is 0 Å². The van der Waals surface area contributed by atoms with Crippen LogP contribution in [0.2, 0.25) is 0 Å². The van der Waals surface area contributed by atoms with Gasteiger partial charge < -0.3 is 15.3 Å². The largest absolute Gasteiger partial charge is 0.480 e. The summed E-state index contributed by atoms with van der Waals surface area (Å²) in [5.74, 6) is -0.638. The first-order chi connectivity index (χ1) is 11.5. The van der Waals surface area contributed by atoms with Crippen molar-refractivity contribution in [1.29, 1.82) is 0 Å². The van der Waals surface area contributed by atoms with E-state index in [1.807, 2.05) is 6.26 Å². The molecule has 1 aliphatic rings. The third-order valence-electron chi connectivity index (χ3n) is 3.98. The lowest BCUT2D eigenvalue weighted by molar-refractivity contribution is -0.143. The lowest BCUT2D eigenvalue weighted by Gasteiger charge is -2.33. The summed E-state index contributed by atoms with van der Waals surface area (Å²) >= 11 is 1.59. The summed E-state index contributed by atoms with van der Waals surface area (Å²) in [6, 6.07) is 5.89. The van der Waals surface area contributed by atoms with Gasteiger partial charge in [-0.2, -0.15) is 11.8 Å². The average molecular weight is 350 g/mol. The number of piperidine rings is 1. The predicted molar refractivity (Wildman–Crippen MR) is 94.4 cm³/mol. The minimum atomic E-state index is -0.968. The van der Waals surface area contributed by atoms with Crippen molar-refractivity contribution in [3.63, 3.8) is 0 Å². The van der Waals surface area contributed by atoms with Gasteiger partial charge in [0.2, 0.25) is 5.91 Å². The van der Waals surface area contributed by atoms with Crippen molar-refractivity contribution >= 4 is 35.2 Å². The van der Waals surface area contributed by atoms with Gasteiger partial charge in [0.15, 0.2) is 0 Å². The molecule has 2 rings (SSSR count). The average Bonchev–Trinajstić information content (AvgIpc) is 2.59. The third-order valence-corrected chi connectivity index (χ3v) is 4.59. The summed E-state index contributed by atoms with van der Waals surface area (Å²) in [4.78, 5) is 37.2. The number of amides is 2. The fourth-order valence-corrected chi connectivity index (χ4v) is 3.13. The number of carboxylic acid groups (broad SMARTS) is 1. The number of carbonyl (C=O) groups is 3. The molecule has 0 saturated carbocycles. The van der Waals surface area contributed by atoms with Crippen LogP contribution < -0.4 is 5.32 Å². The van der Waals surface area contributed by atoms with Crippen LogP contribution in [0.3, 0.4) is 0 Å². The Morgan fingerprint density at radius 3 is 2.83 bits per heavy atom. The number of nitrogens with zero attached hydrogens (tertiary/aromatic N) is 1. The number of carboxylic acids is 1. The number of likely N-dealkylation sites (tertiary alicyclic amines) is 1. The highest BCUT2D eigenvalue weighted by molar-refractivity contribution is 7.98. The van der Waals surface area contributed by atoms with Crippen LogP contribution in [0, 0.1) is 0 Å². The smallest absolute Gasteiger partial charge is 0.326 e. The SMILES string of the molecule is CSCCC(=O)Nc1cccc(C(=O)N2CCCCC2C(=O)O)c1. The molecule has 130 valence electrons. The Balaban J connectivity index is 2.10. The molecule has 0 bridgehead atoms. The van der Waals surface area contributed by atoms with Crippen molar-refractivity contribution in [3.05, 3.63) is 29.8 Å². The second-order valence-electron chi connectivity index (χ2n) is 5.72. The number of hydrogen-bond acceptors (Lipinski definition) is 4. The third kappa shape index (κ3) is 4.74. The van der Waals surface area contributed by atoms with E-state index in [-0.39, 0.29) is 11.8 Å². The fourth-order valence-electron chi connectivity index (χ4n) is 2.75. The van der Waals surface area contributed by atoms with E-state index in [9.17, 15) is 19.5 Å². The molecule has 1 aromatic rings. The van der Waals surface area contributed by atoms with Crippen LogP contribution in [0.15, 0.2) is 24.3 Å². The Morgan fingerprint density at radius 1 is 1.33 bits per heavy atom. The Bertz CT molecular complexity index is 620. The molecule has 1 heterocycles. The van der Waals surface area contributed by atoms with E-state index in [0.29, 0.717) is 30.6 Å². The Kier molecular flexibility index (Phi) is 6.66. The van der Waals surface area contributed by atoms with Gasteiger partial charge in [0, 0.05) is 30.0 Å². The molecule has 1 saturated heterocycles. The normalized spacial score (nSPS) is 17.4. The first-order valence-electron chi connectivity index (χ1n) is 7.95. The van der Waals surface area contributed by atoms with Crippen molar-refractivity contribution in [3.8, 4) is 0 Å². The van der Waals surface area contributed by atoms with Crippen molar-refractivity contribution < 1.29 is 19.5 Å². The molecule has 0 aromatic heterocycles. The molecule has 7 heteroatoms. The van der Waals surface area contributed by atoms with Crippen LogP contribution in [0.25, 0.3) is 0 Å². The van der Waals surface area contributed by atoms with Crippen LogP contribution in [-0.4, -0.2) is 52.4 Å². The first kappa shape index (κ1) is 18.3. The Hall–Kier alpha value is -2.02. The highest BCUT2D eigenvalue weighted by atomic mass is 32.2. The van der Waals surface area contributed by atoms with E-state index in [1.165, 1.54) is 4.90 Å². The Labute approximate surface area is 145 Å². The molecule has 1 aliphatic heterocycles. The number of hydrogen-bond donors (Lipinski definition) is 2. The molecule has 2 N–H and O–H groups in total. The second kappa shape index (κ2) is 8.73. The van der Waals surface area contributed by atoms with Crippen LogP contribution >= 0.6 is 11.8 Å². The van der Waals surface area contributed by atoms with E-state index in [2.05, 4.69) is 5.32 Å². The van der Waals surface area contributed by atoms with Crippen LogP contribution in [0.1, 0.15) is 36.0 Å². The number of carbonyl (C=O) groups excluding carboxylic acids is 2. The molecule has 1 atom stereocenters. The van der Waals surface area contributed by atoms with Crippen molar-refractivity contribution in [2.45, 2.75) is 31.7 Å². The van der Waals surface area contributed by atoms with E-state index in [0.717, 1.165) is 18.6 Å². The lowest BCUT2D eigenvalue weighted by Crippen LogP contribution is -2.48. The molecule has 24 heavy (non-hydrogen) atoms. The maximum atomic E-state index is 12.7. The van der Waals surface area contributed by atoms with Crippen LogP contribution in [0.5, 0.6) is 0 Å². The van der Waals surface area contributed by atoms with E-state index in [4.69, 9.17) is 0 Å². The molecule has 0 radical (unpaired) electrons. The number of anilines is 1. The fraction of sp³-hybridized carbons (Fsp3) is 0.471. The van der Waals surface area contributed by atoms with Gasteiger partial charge in [0.05, 0.1) is 0 Å². The summed E-state index contributed by atoms with van der Waals surface area (Å²) in [6.07, 6.45) is 4.44. The minimum Gasteiger partial charge on any atom is -0.480 e. The predicted octanol–water partition coefficient (Wildman–Crippen LogP) is 2.46. The second-order valence-corrected chi connectivity index (χ2v) is 6.71. The molecule has 2 amide bonds. The van der Waals surface area contributed by atoms with E-state index in [1.54, 1.807) is 36.0 Å². The standard InChI is InChI=1S/C17H22N2O4S/c1-24-10-8-15(20)18-13-6-4-5-12(11-13)16(21)19-9-3-2-7-14(19)17(22)23/h4-6,11,14H,2-3,7-10H2,1H3,(H,18,20)(H,22,23). The van der Waals surface area contributed by atoms with Gasteiger partial charge in [-0.15, -0.1) is 0 Å². The van der Waals surface area contributed by atoms with Crippen LogP contribution in [-0.2, 0) is 9.59 Å². The lowest BCUT2D eigenvalue weighted by atomic mass is 10.0. The van der Waals surface area contributed by atoms with Gasteiger partial charge in [-0.3, -0.25) is 9.59 Å². The van der Waals surface area contributed by atoms with Gasteiger partial charge in [0.1, 0.15) is 6.04 Å². The van der Waals surface area contributed by atoms with Crippen LogP contribution in [0.4, 0.5) is 5.69 Å². The molecular weight excluding hydrogens is 328 g/mol. The quantitative estimate of drug-likeness (QED) is 0.823. The van der Waals surface area contributed by atoms with Gasteiger partial charge in [0.25, 0.3) is 5.91 Å². The minimum absolute atomic E-state index is 0.102. The summed E-state index contributed by atoms with van der Waals surface area (Å²) in [7, 11) is 0. The molecule has 1 fully saturated rings. The summed E-state index contributed by atoms with van der Waals surface area (Å²) in [5, 5.41) is 12.1. The zero-order valence-electron chi connectivity index (χ0n) is 13.7. The molecule has 0 aliphatic carbocycles. The topological polar surface area (TPSA) is 86.7 Å². The molecule has 1 aromatic carbocycles. The zero-order chi connectivity index (χ0) is 17.5. The summed E-state index contributed by atoms with van der Waals surface area (Å²) in [5.41, 5.74) is 0.946. The monoisotopic (exact) mass is 350 g/mol. The van der Waals surface area contributed by atoms with Crippen molar-refractivity contribution in [2.24, 2.45) is 0 Å². The number of aliphatic carboxylic acids is 1. The van der Waals surface area contributed by atoms with Gasteiger partial charge in [-0.25, -0.2) is 4.79 Å². The highest BCUT2D eigenvalue weighted by Crippen LogP contribution is 2.21. The zero-order valence-corrected chi connectivity index (χ0v) is 14.5. The Morgan fingerprint density at radius 2 is 2.12 bits per heavy atom. The number of nitrogens with one attached hydrogen (secondary N) is 1. The molecular formula is C17H22N2O4S. The van der Waals surface area contributed by atoms with E-state index < -0.39 is 12.0 Å². The van der Waals surface area contributed by atoms with Gasteiger partial charge >= 0.3 is 5.97 Å². The molecule has 0 spiro atoms. The van der Waals surface area contributed by atoms with Crippen molar-refractivity contribution in [1.82, 2.24) is 4.90 Å². The summed E-state index contributed by atoms with van der Waals surface area (Å²) in [6.45, 7) is 0.445. The summed E-state index contributed by atoms with van der Waals surface area (Å²) < 4.78 is 0. The maximum absolute atomic E-state index is 12.7. The van der Waals surface area contributed by atoms with Gasteiger partial charge in [-0.05, 0) is 43.7 Å². The maximum Gasteiger partial charge on any atom is 0.326 e. The number of rotatable bonds is 6.